The average Bonchev–Trinajstić information content (AvgIpc) is 2.65. The molecule has 2 atom stereocenters. The topological polar surface area (TPSA) is 37.3 Å². The van der Waals surface area contributed by atoms with E-state index in [1.165, 1.54) is 23.2 Å². The summed E-state index contributed by atoms with van der Waals surface area (Å²) in [6, 6.07) is 13.0. The Morgan fingerprint density at radius 2 is 1.93 bits per heavy atom. The summed E-state index contributed by atoms with van der Waals surface area (Å²) in [7, 11) is 0. The predicted molar refractivity (Wildman–Crippen MR) is 108 cm³/mol. The Balaban J connectivity index is 1.46. The lowest BCUT2D eigenvalue weighted by molar-refractivity contribution is 0.0881. The van der Waals surface area contributed by atoms with Gasteiger partial charge in [0, 0.05) is 48.9 Å². The molecule has 4 heteroatoms. The maximum Gasteiger partial charge on any atom is 0.255 e. The Hall–Kier alpha value is -1.91. The van der Waals surface area contributed by atoms with Gasteiger partial charge in [-0.05, 0) is 56.3 Å². The molecule has 27 heavy (non-hydrogen) atoms. The molecule has 2 aromatic rings. The van der Waals surface area contributed by atoms with Crippen LogP contribution in [0.2, 0.25) is 0 Å². The minimum absolute atomic E-state index is 0.0573. The third kappa shape index (κ3) is 2.95. The van der Waals surface area contributed by atoms with E-state index in [2.05, 4.69) is 65.0 Å². The summed E-state index contributed by atoms with van der Waals surface area (Å²) in [4.78, 5) is 15.8. The predicted octanol–water partition coefficient (Wildman–Crippen LogP) is 2.89. The first-order chi connectivity index (χ1) is 13.0. The van der Waals surface area contributed by atoms with E-state index < -0.39 is 0 Å². The van der Waals surface area contributed by atoms with Crippen LogP contribution in [0.3, 0.4) is 0 Å². The largest absolute Gasteiger partial charge is 0.316 e. The van der Waals surface area contributed by atoms with Crippen molar-refractivity contribution in [2.75, 3.05) is 13.1 Å². The van der Waals surface area contributed by atoms with Gasteiger partial charge in [0.05, 0.1) is 0 Å². The van der Waals surface area contributed by atoms with Crippen molar-refractivity contribution in [3.8, 4) is 0 Å². The molecule has 0 aliphatic carbocycles. The molecule has 3 aliphatic heterocycles. The Labute approximate surface area is 161 Å². The molecule has 4 nitrogen and oxygen atoms in total. The van der Waals surface area contributed by atoms with E-state index in [1.54, 1.807) is 0 Å². The van der Waals surface area contributed by atoms with E-state index >= 15 is 0 Å². The second-order valence-electron chi connectivity index (χ2n) is 9.27. The van der Waals surface area contributed by atoms with Crippen molar-refractivity contribution in [2.24, 2.45) is 5.92 Å². The molecular formula is C23H29N3O. The fourth-order valence-corrected chi connectivity index (χ4v) is 5.31. The zero-order valence-corrected chi connectivity index (χ0v) is 16.4. The summed E-state index contributed by atoms with van der Waals surface area (Å²) in [6.07, 6.45) is 2.26. The van der Waals surface area contributed by atoms with Gasteiger partial charge in [-0.1, -0.05) is 30.3 Å². The molecule has 1 aromatic heterocycles. The first-order valence-corrected chi connectivity index (χ1v) is 10.3. The molecule has 1 saturated heterocycles. The van der Waals surface area contributed by atoms with Gasteiger partial charge in [0.25, 0.3) is 5.56 Å². The molecule has 142 valence electrons. The monoisotopic (exact) mass is 363 g/mol. The standard InChI is InChI=1S/C23H29N3O/c1-23(2)10-17-5-3-4-6-18(17)14-25(23)15-19-7-8-21-20-9-16(11-24-12-20)13-26(21)22(19)27/h3-8,16,20,24H,9-15H2,1-2H3/t16-,20+/m0/s1. The van der Waals surface area contributed by atoms with Crippen molar-refractivity contribution in [1.82, 2.24) is 14.8 Å². The average molecular weight is 364 g/mol. The van der Waals surface area contributed by atoms with Crippen molar-refractivity contribution in [3.63, 3.8) is 0 Å². The number of benzene rings is 1. The fourth-order valence-electron chi connectivity index (χ4n) is 5.31. The highest BCUT2D eigenvalue weighted by Crippen LogP contribution is 2.33. The summed E-state index contributed by atoms with van der Waals surface area (Å²) >= 11 is 0. The molecule has 0 amide bonds. The summed E-state index contributed by atoms with van der Waals surface area (Å²) in [5.41, 5.74) is 5.31. The van der Waals surface area contributed by atoms with Crippen LogP contribution in [0.15, 0.2) is 41.2 Å². The summed E-state index contributed by atoms with van der Waals surface area (Å²) in [5, 5.41) is 3.52. The van der Waals surface area contributed by atoms with Gasteiger partial charge in [-0.2, -0.15) is 0 Å². The molecule has 0 unspecified atom stereocenters. The molecule has 0 spiro atoms. The van der Waals surface area contributed by atoms with Gasteiger partial charge in [-0.25, -0.2) is 0 Å². The van der Waals surface area contributed by atoms with Gasteiger partial charge < -0.3 is 9.88 Å². The van der Waals surface area contributed by atoms with Crippen molar-refractivity contribution in [3.05, 3.63) is 69.1 Å². The lowest BCUT2D eigenvalue weighted by Gasteiger charge is -2.43. The number of nitrogens with one attached hydrogen (secondary N) is 1. The van der Waals surface area contributed by atoms with Gasteiger partial charge in [0.15, 0.2) is 0 Å². The second-order valence-corrected chi connectivity index (χ2v) is 9.27. The van der Waals surface area contributed by atoms with Crippen LogP contribution in [0.25, 0.3) is 0 Å². The molecule has 4 heterocycles. The van der Waals surface area contributed by atoms with E-state index in [1.807, 2.05) is 0 Å². The Kier molecular flexibility index (Phi) is 4.03. The number of nitrogens with zero attached hydrogens (tertiary/aromatic N) is 2. The van der Waals surface area contributed by atoms with Crippen LogP contribution in [0.5, 0.6) is 0 Å². The van der Waals surface area contributed by atoms with Crippen LogP contribution in [-0.4, -0.2) is 28.1 Å². The minimum Gasteiger partial charge on any atom is -0.316 e. The lowest BCUT2D eigenvalue weighted by atomic mass is 9.83. The van der Waals surface area contributed by atoms with Crippen LogP contribution < -0.4 is 10.9 Å². The molecule has 1 fully saturated rings. The molecular weight excluding hydrogens is 334 g/mol. The van der Waals surface area contributed by atoms with E-state index in [-0.39, 0.29) is 11.1 Å². The van der Waals surface area contributed by atoms with E-state index in [9.17, 15) is 4.79 Å². The Morgan fingerprint density at radius 1 is 1.11 bits per heavy atom. The van der Waals surface area contributed by atoms with Crippen LogP contribution in [0, 0.1) is 5.92 Å². The number of rotatable bonds is 2. The fraction of sp³-hybridized carbons (Fsp3) is 0.522. The highest BCUT2D eigenvalue weighted by atomic mass is 16.1. The maximum absolute atomic E-state index is 13.3. The molecule has 3 aliphatic rings. The number of hydrogen-bond acceptors (Lipinski definition) is 3. The van der Waals surface area contributed by atoms with Crippen molar-refractivity contribution in [1.29, 1.82) is 0 Å². The van der Waals surface area contributed by atoms with Crippen LogP contribution in [0.4, 0.5) is 0 Å². The van der Waals surface area contributed by atoms with E-state index in [0.29, 0.717) is 11.8 Å². The highest BCUT2D eigenvalue weighted by molar-refractivity contribution is 5.32. The van der Waals surface area contributed by atoms with Crippen molar-refractivity contribution >= 4 is 0 Å². The number of hydrogen-bond donors (Lipinski definition) is 1. The normalized spacial score (nSPS) is 26.3. The summed E-state index contributed by atoms with van der Waals surface area (Å²) in [6.45, 7) is 9.17. The van der Waals surface area contributed by atoms with Crippen molar-refractivity contribution < 1.29 is 0 Å². The molecule has 0 radical (unpaired) electrons. The van der Waals surface area contributed by atoms with Crippen molar-refractivity contribution in [2.45, 2.75) is 57.8 Å². The third-order valence-electron chi connectivity index (χ3n) is 6.91. The molecule has 5 rings (SSSR count). The third-order valence-corrected chi connectivity index (χ3v) is 6.91. The first-order valence-electron chi connectivity index (χ1n) is 10.3. The van der Waals surface area contributed by atoms with E-state index in [4.69, 9.17) is 0 Å². The number of aromatic nitrogens is 1. The zero-order valence-electron chi connectivity index (χ0n) is 16.4. The lowest BCUT2D eigenvalue weighted by Crippen LogP contribution is -2.49. The molecule has 1 N–H and O–H groups in total. The SMILES string of the molecule is CC1(C)Cc2ccccc2CN1Cc1ccc2n(c1=O)C[C@@H]1CNC[C@H]2C1. The Morgan fingerprint density at radius 3 is 2.78 bits per heavy atom. The minimum atomic E-state index is 0.0573. The second kappa shape index (κ2) is 6.32. The van der Waals surface area contributed by atoms with Crippen LogP contribution in [0.1, 0.15) is 48.6 Å². The highest BCUT2D eigenvalue weighted by Gasteiger charge is 2.34. The van der Waals surface area contributed by atoms with Gasteiger partial charge in [0.1, 0.15) is 0 Å². The van der Waals surface area contributed by atoms with Gasteiger partial charge >= 0.3 is 0 Å². The van der Waals surface area contributed by atoms with Gasteiger partial charge in [-0.15, -0.1) is 0 Å². The number of fused-ring (bicyclic) bond motifs is 5. The quantitative estimate of drug-likeness (QED) is 0.891. The molecule has 0 saturated carbocycles. The Bertz CT molecular complexity index is 929. The summed E-state index contributed by atoms with van der Waals surface area (Å²) < 4.78 is 2.08. The maximum atomic E-state index is 13.3. The zero-order chi connectivity index (χ0) is 18.6. The number of piperidine rings is 1. The van der Waals surface area contributed by atoms with Gasteiger partial charge in [0.2, 0.25) is 0 Å². The summed E-state index contributed by atoms with van der Waals surface area (Å²) in [5.74, 6) is 1.10. The van der Waals surface area contributed by atoms with E-state index in [0.717, 1.165) is 44.7 Å². The molecule has 1 aromatic carbocycles. The van der Waals surface area contributed by atoms with Gasteiger partial charge in [-0.3, -0.25) is 9.69 Å². The van der Waals surface area contributed by atoms with Crippen LogP contribution >= 0.6 is 0 Å². The molecule has 2 bridgehead atoms. The number of pyridine rings is 1. The van der Waals surface area contributed by atoms with Crippen LogP contribution in [-0.2, 0) is 26.1 Å². The smallest absolute Gasteiger partial charge is 0.255 e. The first kappa shape index (κ1) is 17.2.